The number of rotatable bonds is 7. The van der Waals surface area contributed by atoms with Crippen molar-refractivity contribution in [3.63, 3.8) is 0 Å². The Balaban J connectivity index is 1.67. The first-order chi connectivity index (χ1) is 13.0. The minimum absolute atomic E-state index is 0.306. The average Bonchev–Trinajstić information content (AvgIpc) is 3.10. The molecule has 7 heteroatoms. The van der Waals surface area contributed by atoms with Crippen LogP contribution in [0.15, 0.2) is 47.5 Å². The van der Waals surface area contributed by atoms with Gasteiger partial charge in [-0.3, -0.25) is 0 Å². The minimum atomic E-state index is 0.306. The molecule has 1 heterocycles. The molecule has 0 unspecified atom stereocenters. The van der Waals surface area contributed by atoms with Crippen LogP contribution in [0.2, 0.25) is 0 Å². The van der Waals surface area contributed by atoms with E-state index in [1.165, 1.54) is 11.5 Å². The summed E-state index contributed by atoms with van der Waals surface area (Å²) in [6.07, 6.45) is 1.78. The molecule has 1 aromatic heterocycles. The fourth-order valence-corrected chi connectivity index (χ4v) is 2.85. The quantitative estimate of drug-likeness (QED) is 0.436. The molecular weight excluding hydrogens is 360 g/mol. The maximum atomic E-state index is 5.93. The number of ether oxygens (including phenoxy) is 2. The summed E-state index contributed by atoms with van der Waals surface area (Å²) in [4.78, 5) is 10.8. The Morgan fingerprint density at radius 2 is 1.89 bits per heavy atom. The van der Waals surface area contributed by atoms with Crippen molar-refractivity contribution >= 4 is 23.6 Å². The highest BCUT2D eigenvalue weighted by molar-refractivity contribution is 7.07. The normalized spacial score (nSPS) is 11.0. The molecule has 0 fully saturated rings. The van der Waals surface area contributed by atoms with Gasteiger partial charge in [0.2, 0.25) is 0 Å². The van der Waals surface area contributed by atoms with Gasteiger partial charge in [-0.05, 0) is 49.2 Å². The summed E-state index contributed by atoms with van der Waals surface area (Å²) >= 11 is 1.21. The molecule has 0 spiro atoms. The molecule has 6 nitrogen and oxygen atoms in total. The zero-order chi connectivity index (χ0) is 19.2. The smallest absolute Gasteiger partial charge is 0.298 e. The number of hydrogen-bond donors (Lipinski definition) is 0. The Bertz CT molecular complexity index is 923. The predicted molar refractivity (Wildman–Crippen MR) is 109 cm³/mol. The van der Waals surface area contributed by atoms with Gasteiger partial charge in [0.05, 0.1) is 12.0 Å². The van der Waals surface area contributed by atoms with E-state index in [1.807, 2.05) is 75.3 Å². The van der Waals surface area contributed by atoms with E-state index in [2.05, 4.69) is 14.3 Å². The molecule has 2 aromatic carbocycles. The van der Waals surface area contributed by atoms with Crippen molar-refractivity contribution in [2.24, 2.45) is 4.99 Å². The number of nitrogens with zero attached hydrogens (tertiary/aromatic N) is 4. The second kappa shape index (κ2) is 8.64. The molecule has 0 aliphatic rings. The van der Waals surface area contributed by atoms with Gasteiger partial charge >= 0.3 is 0 Å². The van der Waals surface area contributed by atoms with E-state index >= 15 is 0 Å². The van der Waals surface area contributed by atoms with E-state index in [0.717, 1.165) is 28.3 Å². The van der Waals surface area contributed by atoms with Gasteiger partial charge in [0.1, 0.15) is 18.1 Å². The second-order valence-electron chi connectivity index (χ2n) is 6.29. The molecular formula is C20H22N4O2S. The van der Waals surface area contributed by atoms with Gasteiger partial charge in [0.25, 0.3) is 5.19 Å². The van der Waals surface area contributed by atoms with Gasteiger partial charge in [-0.15, -0.1) is 0 Å². The molecule has 0 aliphatic carbocycles. The lowest BCUT2D eigenvalue weighted by Gasteiger charge is -2.10. The molecule has 0 amide bonds. The van der Waals surface area contributed by atoms with Crippen LogP contribution in [0, 0.1) is 13.8 Å². The van der Waals surface area contributed by atoms with Crippen LogP contribution in [-0.4, -0.2) is 34.7 Å². The number of aliphatic imine (C=N–C) groups is 1. The lowest BCUT2D eigenvalue weighted by atomic mass is 10.1. The number of hydrogen-bond acceptors (Lipinski definition) is 6. The van der Waals surface area contributed by atoms with Gasteiger partial charge < -0.3 is 14.4 Å². The van der Waals surface area contributed by atoms with E-state index < -0.39 is 0 Å². The van der Waals surface area contributed by atoms with E-state index in [9.17, 15) is 0 Å². The van der Waals surface area contributed by atoms with Crippen molar-refractivity contribution in [2.75, 3.05) is 14.1 Å². The maximum Gasteiger partial charge on any atom is 0.298 e. The maximum absolute atomic E-state index is 5.93. The molecule has 0 saturated heterocycles. The highest BCUT2D eigenvalue weighted by Gasteiger charge is 2.11. The van der Waals surface area contributed by atoms with E-state index in [-0.39, 0.29) is 0 Å². The SMILES string of the molecule is Cc1cc(Oc2nc(COc3ccccc3)ns2)c(C)cc1N=CN(C)C. The van der Waals surface area contributed by atoms with Crippen LogP contribution in [0.3, 0.4) is 0 Å². The molecule has 3 aromatic rings. The summed E-state index contributed by atoms with van der Waals surface area (Å²) in [5, 5.41) is 0.494. The van der Waals surface area contributed by atoms with Crippen molar-refractivity contribution in [1.29, 1.82) is 0 Å². The Morgan fingerprint density at radius 3 is 2.63 bits per heavy atom. The van der Waals surface area contributed by atoms with Crippen molar-refractivity contribution in [3.05, 3.63) is 59.4 Å². The van der Waals surface area contributed by atoms with Crippen molar-refractivity contribution in [3.8, 4) is 16.7 Å². The number of benzene rings is 2. The van der Waals surface area contributed by atoms with Crippen molar-refractivity contribution in [1.82, 2.24) is 14.3 Å². The first-order valence-corrected chi connectivity index (χ1v) is 9.29. The van der Waals surface area contributed by atoms with E-state index in [1.54, 1.807) is 6.34 Å². The molecule has 0 radical (unpaired) electrons. The highest BCUT2D eigenvalue weighted by atomic mass is 32.1. The Hall–Kier alpha value is -2.93. The topological polar surface area (TPSA) is 59.8 Å². The summed E-state index contributed by atoms with van der Waals surface area (Å²) in [6, 6.07) is 13.6. The third-order valence-corrected chi connectivity index (χ3v) is 4.31. The van der Waals surface area contributed by atoms with Crippen LogP contribution in [0.1, 0.15) is 17.0 Å². The average molecular weight is 382 g/mol. The Morgan fingerprint density at radius 1 is 1.11 bits per heavy atom. The zero-order valence-electron chi connectivity index (χ0n) is 15.8. The fourth-order valence-electron chi connectivity index (χ4n) is 2.30. The summed E-state index contributed by atoms with van der Waals surface area (Å²) in [6.45, 7) is 4.30. The van der Waals surface area contributed by atoms with Gasteiger partial charge in [-0.2, -0.15) is 9.36 Å². The minimum Gasteiger partial charge on any atom is -0.486 e. The van der Waals surface area contributed by atoms with Gasteiger partial charge in [0.15, 0.2) is 5.82 Å². The zero-order valence-corrected chi connectivity index (χ0v) is 16.7. The molecule has 140 valence electrons. The third-order valence-electron chi connectivity index (χ3n) is 3.68. The first kappa shape index (κ1) is 18.8. The monoisotopic (exact) mass is 382 g/mol. The molecule has 0 aliphatic heterocycles. The standard InChI is InChI=1S/C20H22N4O2S/c1-14-11-18(15(2)10-17(14)21-13-24(3)4)26-20-22-19(23-27-20)12-25-16-8-6-5-7-9-16/h5-11,13H,12H2,1-4H3. The largest absolute Gasteiger partial charge is 0.486 e. The predicted octanol–water partition coefficient (Wildman–Crippen LogP) is 4.75. The summed E-state index contributed by atoms with van der Waals surface area (Å²) < 4.78 is 15.9. The van der Waals surface area contributed by atoms with Crippen LogP contribution < -0.4 is 9.47 Å². The molecule has 0 bridgehead atoms. The summed E-state index contributed by atoms with van der Waals surface area (Å²) in [5.74, 6) is 2.14. The van der Waals surface area contributed by atoms with Crippen molar-refractivity contribution < 1.29 is 9.47 Å². The third kappa shape index (κ3) is 5.27. The van der Waals surface area contributed by atoms with Gasteiger partial charge in [-0.25, -0.2) is 4.99 Å². The molecule has 0 N–H and O–H groups in total. The fraction of sp³-hybridized carbons (Fsp3) is 0.250. The van der Waals surface area contributed by atoms with E-state index in [4.69, 9.17) is 9.47 Å². The van der Waals surface area contributed by atoms with Crippen LogP contribution in [-0.2, 0) is 6.61 Å². The number of aryl methyl sites for hydroxylation is 2. The first-order valence-electron chi connectivity index (χ1n) is 8.51. The molecule has 0 saturated carbocycles. The summed E-state index contributed by atoms with van der Waals surface area (Å²) in [5.41, 5.74) is 2.94. The summed E-state index contributed by atoms with van der Waals surface area (Å²) in [7, 11) is 3.88. The Kier molecular flexibility index (Phi) is 6.03. The van der Waals surface area contributed by atoms with Crippen LogP contribution in [0.25, 0.3) is 0 Å². The van der Waals surface area contributed by atoms with Gasteiger partial charge in [-0.1, -0.05) is 18.2 Å². The van der Waals surface area contributed by atoms with Crippen molar-refractivity contribution in [2.45, 2.75) is 20.5 Å². The van der Waals surface area contributed by atoms with Crippen LogP contribution in [0.4, 0.5) is 5.69 Å². The van der Waals surface area contributed by atoms with Crippen LogP contribution >= 0.6 is 11.5 Å². The molecule has 0 atom stereocenters. The Labute approximate surface area is 163 Å². The highest BCUT2D eigenvalue weighted by Crippen LogP contribution is 2.32. The van der Waals surface area contributed by atoms with Crippen LogP contribution in [0.5, 0.6) is 16.7 Å². The van der Waals surface area contributed by atoms with E-state index in [0.29, 0.717) is 17.6 Å². The molecule has 27 heavy (non-hydrogen) atoms. The molecule has 3 rings (SSSR count). The second-order valence-corrected chi connectivity index (χ2v) is 7.01. The number of aromatic nitrogens is 2. The lowest BCUT2D eigenvalue weighted by molar-refractivity contribution is 0.296. The van der Waals surface area contributed by atoms with Gasteiger partial charge in [0, 0.05) is 25.6 Å². The lowest BCUT2D eigenvalue weighted by Crippen LogP contribution is -2.07. The number of para-hydroxylation sites is 1.